The quantitative estimate of drug-likeness (QED) is 0.566. The number of hydrogen-bond acceptors (Lipinski definition) is 6. The van der Waals surface area contributed by atoms with Crippen molar-refractivity contribution in [1.29, 1.82) is 0 Å². The number of aryl methyl sites for hydroxylation is 2. The molecule has 0 bridgehead atoms. The molecule has 0 fully saturated rings. The minimum absolute atomic E-state index is 0.340. The van der Waals surface area contributed by atoms with Crippen molar-refractivity contribution in [3.05, 3.63) is 46.9 Å². The molecule has 6 nitrogen and oxygen atoms in total. The first-order valence-corrected chi connectivity index (χ1v) is 7.72. The molecule has 0 spiro atoms. The Bertz CT molecular complexity index is 1020. The Morgan fingerprint density at radius 1 is 1.17 bits per heavy atom. The van der Waals surface area contributed by atoms with Crippen molar-refractivity contribution in [1.82, 2.24) is 30.2 Å². The molecular formula is C15H11FN6S. The summed E-state index contributed by atoms with van der Waals surface area (Å²) in [5.74, 6) is 0.584. The van der Waals surface area contributed by atoms with Crippen LogP contribution >= 0.6 is 11.3 Å². The summed E-state index contributed by atoms with van der Waals surface area (Å²) in [7, 11) is 0. The molecule has 0 saturated heterocycles. The standard InChI is InChI=1S/C15H11FN6S/c1-8-9(2)23-15-12(8)14(17-7-18-15)22-20-13(19-21-22)10-4-3-5-11(16)6-10/h3-7H,1-2H3. The SMILES string of the molecule is Cc1sc2ncnc(-n3nnc(-c4cccc(F)c4)n3)c2c1C. The maximum absolute atomic E-state index is 13.3. The highest BCUT2D eigenvalue weighted by molar-refractivity contribution is 7.18. The average Bonchev–Trinajstić information content (AvgIpc) is 3.13. The zero-order chi connectivity index (χ0) is 16.0. The van der Waals surface area contributed by atoms with E-state index >= 15 is 0 Å². The van der Waals surface area contributed by atoms with Crippen LogP contribution in [0.2, 0.25) is 0 Å². The van der Waals surface area contributed by atoms with Gasteiger partial charge in [0.05, 0.1) is 5.39 Å². The molecule has 4 aromatic rings. The minimum Gasteiger partial charge on any atom is -0.225 e. The van der Waals surface area contributed by atoms with Crippen LogP contribution in [0.25, 0.3) is 27.4 Å². The lowest BCUT2D eigenvalue weighted by Crippen LogP contribution is -2.03. The highest BCUT2D eigenvalue weighted by atomic mass is 32.1. The number of halogens is 1. The minimum atomic E-state index is -0.340. The van der Waals surface area contributed by atoms with Crippen molar-refractivity contribution < 1.29 is 4.39 Å². The number of benzene rings is 1. The van der Waals surface area contributed by atoms with E-state index < -0.39 is 0 Å². The first-order chi connectivity index (χ1) is 11.1. The van der Waals surface area contributed by atoms with E-state index in [1.807, 2.05) is 13.8 Å². The summed E-state index contributed by atoms with van der Waals surface area (Å²) in [4.78, 5) is 12.0. The van der Waals surface area contributed by atoms with Gasteiger partial charge in [0, 0.05) is 10.4 Å². The fourth-order valence-corrected chi connectivity index (χ4v) is 3.35. The molecule has 0 amide bonds. The lowest BCUT2D eigenvalue weighted by molar-refractivity contribution is 0.628. The van der Waals surface area contributed by atoms with Gasteiger partial charge in [-0.25, -0.2) is 14.4 Å². The van der Waals surface area contributed by atoms with Gasteiger partial charge in [0.2, 0.25) is 5.82 Å². The predicted molar refractivity (Wildman–Crippen MR) is 85.0 cm³/mol. The Hall–Kier alpha value is -2.74. The van der Waals surface area contributed by atoms with E-state index in [4.69, 9.17) is 0 Å². The molecule has 0 radical (unpaired) electrons. The summed E-state index contributed by atoms with van der Waals surface area (Å²) in [6.45, 7) is 4.06. The Balaban J connectivity index is 1.87. The van der Waals surface area contributed by atoms with Gasteiger partial charge in [-0.2, -0.15) is 0 Å². The predicted octanol–water partition coefficient (Wildman–Crippen LogP) is 3.09. The van der Waals surface area contributed by atoms with Gasteiger partial charge < -0.3 is 0 Å². The van der Waals surface area contributed by atoms with Crippen LogP contribution in [0.3, 0.4) is 0 Å². The number of fused-ring (bicyclic) bond motifs is 1. The van der Waals surface area contributed by atoms with Crippen molar-refractivity contribution in [2.75, 3.05) is 0 Å². The molecule has 3 aromatic heterocycles. The zero-order valence-electron chi connectivity index (χ0n) is 12.4. The van der Waals surface area contributed by atoms with Gasteiger partial charge in [0.25, 0.3) is 0 Å². The molecule has 0 aliphatic carbocycles. The summed E-state index contributed by atoms with van der Waals surface area (Å²) < 4.78 is 13.3. The van der Waals surface area contributed by atoms with Crippen molar-refractivity contribution in [3.63, 3.8) is 0 Å². The smallest absolute Gasteiger partial charge is 0.205 e. The zero-order valence-corrected chi connectivity index (χ0v) is 13.2. The molecular weight excluding hydrogens is 315 g/mol. The van der Waals surface area contributed by atoms with Gasteiger partial charge in [-0.05, 0) is 36.8 Å². The van der Waals surface area contributed by atoms with Crippen LogP contribution in [0.5, 0.6) is 0 Å². The maximum Gasteiger partial charge on any atom is 0.205 e. The fourth-order valence-electron chi connectivity index (χ4n) is 2.36. The van der Waals surface area contributed by atoms with Gasteiger partial charge in [-0.1, -0.05) is 12.1 Å². The number of aromatic nitrogens is 6. The highest BCUT2D eigenvalue weighted by Crippen LogP contribution is 2.31. The number of tetrazole rings is 1. The van der Waals surface area contributed by atoms with Crippen LogP contribution in [0.4, 0.5) is 4.39 Å². The van der Waals surface area contributed by atoms with Gasteiger partial charge in [-0.15, -0.1) is 26.3 Å². The van der Waals surface area contributed by atoms with E-state index in [9.17, 15) is 4.39 Å². The Morgan fingerprint density at radius 3 is 2.87 bits per heavy atom. The Labute approximate surface area is 134 Å². The lowest BCUT2D eigenvalue weighted by atomic mass is 10.2. The Kier molecular flexibility index (Phi) is 3.12. The number of thiophene rings is 1. The van der Waals surface area contributed by atoms with E-state index in [-0.39, 0.29) is 5.82 Å². The lowest BCUT2D eigenvalue weighted by Gasteiger charge is -2.00. The van der Waals surface area contributed by atoms with E-state index in [2.05, 4.69) is 25.4 Å². The molecule has 0 unspecified atom stereocenters. The number of rotatable bonds is 2. The number of nitrogens with zero attached hydrogens (tertiary/aromatic N) is 6. The third kappa shape index (κ3) is 2.27. The van der Waals surface area contributed by atoms with E-state index in [1.165, 1.54) is 28.1 Å². The summed E-state index contributed by atoms with van der Waals surface area (Å²) >= 11 is 1.60. The third-order valence-electron chi connectivity index (χ3n) is 3.63. The van der Waals surface area contributed by atoms with E-state index in [1.54, 1.807) is 23.5 Å². The third-order valence-corrected chi connectivity index (χ3v) is 4.75. The van der Waals surface area contributed by atoms with Gasteiger partial charge in [0.15, 0.2) is 5.82 Å². The largest absolute Gasteiger partial charge is 0.225 e. The van der Waals surface area contributed by atoms with Crippen LogP contribution in [0.1, 0.15) is 10.4 Å². The van der Waals surface area contributed by atoms with Gasteiger partial charge in [0.1, 0.15) is 17.0 Å². The topological polar surface area (TPSA) is 69.4 Å². The molecule has 114 valence electrons. The molecule has 0 atom stereocenters. The van der Waals surface area contributed by atoms with Crippen LogP contribution < -0.4 is 0 Å². The van der Waals surface area contributed by atoms with Crippen LogP contribution in [-0.4, -0.2) is 30.2 Å². The monoisotopic (exact) mass is 326 g/mol. The van der Waals surface area contributed by atoms with Crippen LogP contribution in [-0.2, 0) is 0 Å². The summed E-state index contributed by atoms with van der Waals surface area (Å²) in [5, 5.41) is 13.3. The Morgan fingerprint density at radius 2 is 2.04 bits per heavy atom. The maximum atomic E-state index is 13.3. The van der Waals surface area contributed by atoms with Crippen molar-refractivity contribution >= 4 is 21.6 Å². The first-order valence-electron chi connectivity index (χ1n) is 6.90. The molecule has 4 rings (SSSR count). The molecule has 0 aliphatic heterocycles. The normalized spacial score (nSPS) is 11.3. The van der Waals surface area contributed by atoms with Crippen LogP contribution in [0, 0.1) is 19.7 Å². The summed E-state index contributed by atoms with van der Waals surface area (Å²) in [6.07, 6.45) is 1.48. The number of hydrogen-bond donors (Lipinski definition) is 0. The molecule has 0 N–H and O–H groups in total. The molecule has 3 heterocycles. The van der Waals surface area contributed by atoms with Gasteiger partial charge >= 0.3 is 0 Å². The second-order valence-electron chi connectivity index (χ2n) is 5.07. The average molecular weight is 326 g/mol. The van der Waals surface area contributed by atoms with E-state index in [0.717, 1.165) is 15.8 Å². The molecule has 23 heavy (non-hydrogen) atoms. The highest BCUT2D eigenvalue weighted by Gasteiger charge is 2.16. The van der Waals surface area contributed by atoms with Gasteiger partial charge in [-0.3, -0.25) is 0 Å². The molecule has 8 heteroatoms. The second kappa shape index (κ2) is 5.17. The van der Waals surface area contributed by atoms with Crippen molar-refractivity contribution in [3.8, 4) is 17.2 Å². The summed E-state index contributed by atoms with van der Waals surface area (Å²) in [6, 6.07) is 6.09. The second-order valence-corrected chi connectivity index (χ2v) is 6.28. The van der Waals surface area contributed by atoms with Crippen molar-refractivity contribution in [2.24, 2.45) is 0 Å². The van der Waals surface area contributed by atoms with Crippen molar-refractivity contribution in [2.45, 2.75) is 13.8 Å². The fraction of sp³-hybridized carbons (Fsp3) is 0.133. The van der Waals surface area contributed by atoms with E-state index in [0.29, 0.717) is 17.2 Å². The molecule has 0 aliphatic rings. The van der Waals surface area contributed by atoms with Crippen LogP contribution in [0.15, 0.2) is 30.6 Å². The first kappa shape index (κ1) is 13.9. The molecule has 0 saturated carbocycles. The molecule has 1 aromatic carbocycles. The summed E-state index contributed by atoms with van der Waals surface area (Å²) in [5.41, 5.74) is 1.67.